The summed E-state index contributed by atoms with van der Waals surface area (Å²) in [5.74, 6) is 1.02. The van der Waals surface area contributed by atoms with Gasteiger partial charge in [-0.2, -0.15) is 0 Å². The summed E-state index contributed by atoms with van der Waals surface area (Å²) in [5.41, 5.74) is 2.29. The van der Waals surface area contributed by atoms with Crippen molar-refractivity contribution < 1.29 is 14.3 Å². The van der Waals surface area contributed by atoms with Gasteiger partial charge in [0.1, 0.15) is 0 Å². The van der Waals surface area contributed by atoms with Crippen molar-refractivity contribution in [3.63, 3.8) is 0 Å². The Kier molecular flexibility index (Phi) is 11.1. The number of guanidine groups is 1. The summed E-state index contributed by atoms with van der Waals surface area (Å²) < 4.78 is 5.10. The summed E-state index contributed by atoms with van der Waals surface area (Å²) in [6.45, 7) is 8.46. The van der Waals surface area contributed by atoms with Crippen LogP contribution >= 0.6 is 24.0 Å². The summed E-state index contributed by atoms with van der Waals surface area (Å²) in [7, 11) is 0. The summed E-state index contributed by atoms with van der Waals surface area (Å²) in [5, 5.41) is 6.84. The molecule has 2 heterocycles. The van der Waals surface area contributed by atoms with E-state index in [9.17, 15) is 9.59 Å². The lowest BCUT2D eigenvalue weighted by Gasteiger charge is -2.32. The summed E-state index contributed by atoms with van der Waals surface area (Å²) in [4.78, 5) is 32.4. The number of nitrogens with zero attached hydrogens (tertiary/aromatic N) is 3. The van der Waals surface area contributed by atoms with Crippen molar-refractivity contribution in [2.24, 2.45) is 4.99 Å². The Morgan fingerprint density at radius 1 is 1.16 bits per heavy atom. The Morgan fingerprint density at radius 3 is 2.50 bits per heavy atom. The van der Waals surface area contributed by atoms with Crippen molar-refractivity contribution in [1.82, 2.24) is 20.4 Å². The molecule has 0 unspecified atom stereocenters. The number of aliphatic imine (C=N–C) groups is 1. The van der Waals surface area contributed by atoms with Gasteiger partial charge in [-0.3, -0.25) is 4.79 Å². The van der Waals surface area contributed by atoms with E-state index in [1.165, 1.54) is 0 Å². The molecule has 2 aliphatic heterocycles. The van der Waals surface area contributed by atoms with Crippen LogP contribution in [-0.2, 0) is 22.6 Å². The van der Waals surface area contributed by atoms with E-state index in [2.05, 4.69) is 22.8 Å². The van der Waals surface area contributed by atoms with Crippen LogP contribution in [0.2, 0.25) is 0 Å². The van der Waals surface area contributed by atoms with E-state index in [1.807, 2.05) is 30.9 Å². The number of hydrogen-bond donors (Lipinski definition) is 2. The molecule has 2 saturated heterocycles. The fourth-order valence-corrected chi connectivity index (χ4v) is 4.04. The lowest BCUT2D eigenvalue weighted by Crippen LogP contribution is -2.49. The van der Waals surface area contributed by atoms with E-state index >= 15 is 0 Å². The molecule has 2 amide bonds. The predicted octanol–water partition coefficient (Wildman–Crippen LogP) is 3.10. The Labute approximate surface area is 208 Å². The van der Waals surface area contributed by atoms with Gasteiger partial charge in [-0.15, -0.1) is 24.0 Å². The van der Waals surface area contributed by atoms with E-state index < -0.39 is 0 Å². The van der Waals surface area contributed by atoms with Crippen molar-refractivity contribution in [2.75, 3.05) is 32.8 Å². The lowest BCUT2D eigenvalue weighted by atomic mass is 10.1. The molecular weight excluding hydrogens is 521 g/mol. The highest BCUT2D eigenvalue weighted by Crippen LogP contribution is 2.18. The van der Waals surface area contributed by atoms with Crippen molar-refractivity contribution in [3.8, 4) is 0 Å². The number of amides is 2. The Hall–Kier alpha value is -2.04. The molecule has 0 atom stereocenters. The molecule has 8 nitrogen and oxygen atoms in total. The molecule has 0 spiro atoms. The van der Waals surface area contributed by atoms with E-state index in [0.717, 1.165) is 49.4 Å². The lowest BCUT2D eigenvalue weighted by molar-refractivity contribution is -0.128. The highest BCUT2D eigenvalue weighted by Gasteiger charge is 2.24. The van der Waals surface area contributed by atoms with E-state index in [0.29, 0.717) is 39.2 Å². The maximum Gasteiger partial charge on any atom is 0.409 e. The normalized spacial score (nSPS) is 17.2. The zero-order valence-corrected chi connectivity index (χ0v) is 21.5. The number of piperidine rings is 1. The van der Waals surface area contributed by atoms with E-state index in [4.69, 9.17) is 9.73 Å². The molecule has 1 aromatic carbocycles. The summed E-state index contributed by atoms with van der Waals surface area (Å²) >= 11 is 0. The molecule has 0 radical (unpaired) electrons. The first-order chi connectivity index (χ1) is 15.1. The highest BCUT2D eigenvalue weighted by atomic mass is 127. The van der Waals surface area contributed by atoms with E-state index in [-0.39, 0.29) is 42.0 Å². The standard InChI is InChI=1S/C23H35N5O3.HI/c1-3-24-22(26-20-11-14-27(15-12-20)23(30)31-4-2)25-16-18-8-5-6-9-19(18)17-28-13-7-10-21(28)29;/h5-6,8-9,20H,3-4,7,10-17H2,1-2H3,(H2,24,25,26);1H. The third-order valence-corrected chi connectivity index (χ3v) is 5.76. The van der Waals surface area contributed by atoms with Crippen LogP contribution in [-0.4, -0.2) is 66.6 Å². The van der Waals surface area contributed by atoms with Crippen LogP contribution in [0.5, 0.6) is 0 Å². The van der Waals surface area contributed by atoms with Gasteiger partial charge in [0.25, 0.3) is 0 Å². The monoisotopic (exact) mass is 557 g/mol. The SMILES string of the molecule is CCNC(=NCc1ccccc1CN1CCCC1=O)NC1CCN(C(=O)OCC)CC1.I. The van der Waals surface area contributed by atoms with Crippen LogP contribution in [0.3, 0.4) is 0 Å². The van der Waals surface area contributed by atoms with Crippen molar-refractivity contribution in [2.45, 2.75) is 58.7 Å². The number of halogens is 1. The van der Waals surface area contributed by atoms with Crippen molar-refractivity contribution in [1.29, 1.82) is 0 Å². The van der Waals surface area contributed by atoms with Crippen LogP contribution in [0.15, 0.2) is 29.3 Å². The first-order valence-electron chi connectivity index (χ1n) is 11.4. The molecule has 1 aromatic rings. The summed E-state index contributed by atoms with van der Waals surface area (Å²) in [6, 6.07) is 8.47. The topological polar surface area (TPSA) is 86.3 Å². The van der Waals surface area contributed by atoms with Gasteiger partial charge in [-0.1, -0.05) is 24.3 Å². The minimum Gasteiger partial charge on any atom is -0.450 e. The molecule has 9 heteroatoms. The summed E-state index contributed by atoms with van der Waals surface area (Å²) in [6.07, 6.45) is 3.09. The predicted molar refractivity (Wildman–Crippen MR) is 136 cm³/mol. The Bertz CT molecular complexity index is 781. The van der Waals surface area contributed by atoms with Crippen LogP contribution < -0.4 is 10.6 Å². The smallest absolute Gasteiger partial charge is 0.409 e. The largest absolute Gasteiger partial charge is 0.450 e. The molecular formula is C23H36IN5O3. The molecule has 2 N–H and O–H groups in total. The highest BCUT2D eigenvalue weighted by molar-refractivity contribution is 14.0. The van der Waals surface area contributed by atoms with Gasteiger partial charge in [0, 0.05) is 45.2 Å². The van der Waals surface area contributed by atoms with Crippen LogP contribution in [0.1, 0.15) is 50.7 Å². The average molecular weight is 557 g/mol. The Balaban J connectivity index is 0.00000363. The molecule has 0 bridgehead atoms. The number of likely N-dealkylation sites (tertiary alicyclic amines) is 2. The van der Waals surface area contributed by atoms with Crippen LogP contribution in [0.4, 0.5) is 4.79 Å². The second kappa shape index (κ2) is 13.5. The maximum atomic E-state index is 12.0. The first kappa shape index (κ1) is 26.2. The fraction of sp³-hybridized carbons (Fsp3) is 0.609. The Morgan fingerprint density at radius 2 is 1.88 bits per heavy atom. The number of carbonyl (C=O) groups is 2. The fourth-order valence-electron chi connectivity index (χ4n) is 4.04. The van der Waals surface area contributed by atoms with Crippen LogP contribution in [0.25, 0.3) is 0 Å². The van der Waals surface area contributed by atoms with E-state index in [1.54, 1.807) is 4.90 Å². The first-order valence-corrected chi connectivity index (χ1v) is 11.4. The zero-order chi connectivity index (χ0) is 22.1. The number of nitrogens with one attached hydrogen (secondary N) is 2. The molecule has 32 heavy (non-hydrogen) atoms. The van der Waals surface area contributed by atoms with Gasteiger partial charge in [0.15, 0.2) is 5.96 Å². The van der Waals surface area contributed by atoms with Gasteiger partial charge in [-0.25, -0.2) is 9.79 Å². The molecule has 2 aliphatic rings. The average Bonchev–Trinajstić information content (AvgIpc) is 3.18. The second-order valence-electron chi connectivity index (χ2n) is 7.99. The van der Waals surface area contributed by atoms with Gasteiger partial charge < -0.3 is 25.2 Å². The zero-order valence-electron chi connectivity index (χ0n) is 19.1. The molecule has 2 fully saturated rings. The van der Waals surface area contributed by atoms with Gasteiger partial charge >= 0.3 is 6.09 Å². The number of ether oxygens (including phenoxy) is 1. The van der Waals surface area contributed by atoms with Gasteiger partial charge in [-0.05, 0) is 44.2 Å². The van der Waals surface area contributed by atoms with Crippen LogP contribution in [0, 0.1) is 0 Å². The molecule has 0 aromatic heterocycles. The molecule has 0 aliphatic carbocycles. The second-order valence-corrected chi connectivity index (χ2v) is 7.99. The van der Waals surface area contributed by atoms with Gasteiger partial charge in [0.2, 0.25) is 5.91 Å². The number of carbonyl (C=O) groups excluding carboxylic acids is 2. The molecule has 3 rings (SSSR count). The molecule has 0 saturated carbocycles. The van der Waals surface area contributed by atoms with Crippen molar-refractivity contribution >= 4 is 41.9 Å². The minimum atomic E-state index is -0.227. The number of benzene rings is 1. The molecule has 178 valence electrons. The number of hydrogen-bond acceptors (Lipinski definition) is 4. The van der Waals surface area contributed by atoms with Crippen molar-refractivity contribution in [3.05, 3.63) is 35.4 Å². The quantitative estimate of drug-likeness (QED) is 0.306. The third kappa shape index (κ3) is 7.53. The maximum absolute atomic E-state index is 12.0. The number of rotatable bonds is 7. The minimum absolute atomic E-state index is 0. The third-order valence-electron chi connectivity index (χ3n) is 5.76. The van der Waals surface area contributed by atoms with Gasteiger partial charge in [0.05, 0.1) is 13.2 Å².